The largest absolute Gasteiger partial charge is 0.507 e. The SMILES string of the molecule is COc1c(Cl)cc(/C(O)=C2/C(=O)C(=O)N(c3ccccc3C)C2c2ccc(C)o2)cc1Cl. The van der Waals surface area contributed by atoms with E-state index in [-0.39, 0.29) is 26.9 Å². The van der Waals surface area contributed by atoms with Crippen LogP contribution in [0, 0.1) is 13.8 Å². The molecule has 1 aliphatic heterocycles. The molecule has 164 valence electrons. The Labute approximate surface area is 194 Å². The number of carbonyl (C=O) groups is 2. The van der Waals surface area contributed by atoms with Crippen molar-refractivity contribution in [1.82, 2.24) is 0 Å². The fraction of sp³-hybridized carbons (Fsp3) is 0.167. The third-order valence-electron chi connectivity index (χ3n) is 5.33. The van der Waals surface area contributed by atoms with Crippen molar-refractivity contribution >= 4 is 46.3 Å². The number of hydrogen-bond donors (Lipinski definition) is 1. The zero-order chi connectivity index (χ0) is 23.2. The highest BCUT2D eigenvalue weighted by molar-refractivity contribution is 6.51. The molecule has 1 aromatic heterocycles. The number of benzene rings is 2. The van der Waals surface area contributed by atoms with Crippen molar-refractivity contribution in [1.29, 1.82) is 0 Å². The Hall–Kier alpha value is -3.22. The molecule has 0 spiro atoms. The molecule has 1 atom stereocenters. The van der Waals surface area contributed by atoms with Gasteiger partial charge in [0.05, 0.1) is 22.7 Å². The Morgan fingerprint density at radius 3 is 2.28 bits per heavy atom. The van der Waals surface area contributed by atoms with Crippen molar-refractivity contribution in [3.8, 4) is 5.75 Å². The summed E-state index contributed by atoms with van der Waals surface area (Å²) in [6, 6.07) is 12.5. The first-order chi connectivity index (χ1) is 15.2. The molecule has 0 saturated carbocycles. The lowest BCUT2D eigenvalue weighted by atomic mass is 9.99. The molecule has 4 rings (SSSR count). The maximum atomic E-state index is 13.2. The van der Waals surface area contributed by atoms with Crippen molar-refractivity contribution in [3.63, 3.8) is 0 Å². The minimum absolute atomic E-state index is 0.120. The fourth-order valence-electron chi connectivity index (χ4n) is 3.83. The topological polar surface area (TPSA) is 80.0 Å². The number of furan rings is 1. The summed E-state index contributed by atoms with van der Waals surface area (Å²) in [6.07, 6.45) is 0. The zero-order valence-corrected chi connectivity index (χ0v) is 19.0. The first kappa shape index (κ1) is 22.0. The summed E-state index contributed by atoms with van der Waals surface area (Å²) in [7, 11) is 1.42. The number of methoxy groups -OCH3 is 1. The quantitative estimate of drug-likeness (QED) is 0.293. The van der Waals surface area contributed by atoms with Gasteiger partial charge in [-0.2, -0.15) is 0 Å². The van der Waals surface area contributed by atoms with Crippen LogP contribution in [-0.2, 0) is 9.59 Å². The molecule has 1 fully saturated rings. The first-order valence-corrected chi connectivity index (χ1v) is 10.5. The number of hydrogen-bond acceptors (Lipinski definition) is 5. The lowest BCUT2D eigenvalue weighted by molar-refractivity contribution is -0.132. The van der Waals surface area contributed by atoms with Crippen LogP contribution in [0.1, 0.15) is 28.7 Å². The monoisotopic (exact) mass is 471 g/mol. The number of amides is 1. The van der Waals surface area contributed by atoms with Crippen molar-refractivity contribution in [2.45, 2.75) is 19.9 Å². The number of ketones is 1. The van der Waals surface area contributed by atoms with E-state index in [9.17, 15) is 14.7 Å². The average Bonchev–Trinajstić information content (AvgIpc) is 3.29. The summed E-state index contributed by atoms with van der Waals surface area (Å²) in [5, 5.41) is 11.5. The van der Waals surface area contributed by atoms with Gasteiger partial charge < -0.3 is 14.3 Å². The maximum absolute atomic E-state index is 13.2. The van der Waals surface area contributed by atoms with Crippen molar-refractivity contribution in [3.05, 3.63) is 86.8 Å². The van der Waals surface area contributed by atoms with Crippen LogP contribution in [-0.4, -0.2) is 23.9 Å². The lowest BCUT2D eigenvalue weighted by Gasteiger charge is -2.25. The molecule has 0 radical (unpaired) electrons. The molecule has 1 unspecified atom stereocenters. The van der Waals surface area contributed by atoms with E-state index in [1.165, 1.54) is 24.1 Å². The Morgan fingerprint density at radius 2 is 1.72 bits per heavy atom. The van der Waals surface area contributed by atoms with Gasteiger partial charge in [-0.15, -0.1) is 0 Å². The number of ether oxygens (including phenoxy) is 1. The van der Waals surface area contributed by atoms with Crippen LogP contribution < -0.4 is 9.64 Å². The molecule has 2 heterocycles. The third-order valence-corrected chi connectivity index (χ3v) is 5.89. The van der Waals surface area contributed by atoms with Crippen LogP contribution in [0.5, 0.6) is 5.75 Å². The number of halogens is 2. The van der Waals surface area contributed by atoms with Gasteiger partial charge in [-0.1, -0.05) is 41.4 Å². The summed E-state index contributed by atoms with van der Waals surface area (Å²) in [5.74, 6) is -0.838. The number of anilines is 1. The van der Waals surface area contributed by atoms with Gasteiger partial charge in [0, 0.05) is 11.3 Å². The molecule has 0 aliphatic carbocycles. The van der Waals surface area contributed by atoms with Crippen molar-refractivity contribution < 1.29 is 23.8 Å². The van der Waals surface area contributed by atoms with Crippen LogP contribution in [0.3, 0.4) is 0 Å². The summed E-state index contributed by atoms with van der Waals surface area (Å²) in [4.78, 5) is 27.6. The third kappa shape index (κ3) is 3.55. The van der Waals surface area contributed by atoms with Gasteiger partial charge in [0.15, 0.2) is 5.75 Å². The smallest absolute Gasteiger partial charge is 0.300 e. The van der Waals surface area contributed by atoms with E-state index in [0.29, 0.717) is 17.2 Å². The summed E-state index contributed by atoms with van der Waals surface area (Å²) in [5.41, 5.74) is 1.39. The van der Waals surface area contributed by atoms with E-state index < -0.39 is 23.5 Å². The van der Waals surface area contributed by atoms with E-state index in [0.717, 1.165) is 5.56 Å². The normalized spacial score (nSPS) is 17.8. The molecule has 6 nitrogen and oxygen atoms in total. The van der Waals surface area contributed by atoms with Crippen LogP contribution in [0.25, 0.3) is 5.76 Å². The highest BCUT2D eigenvalue weighted by Crippen LogP contribution is 2.44. The Morgan fingerprint density at radius 1 is 1.06 bits per heavy atom. The molecule has 32 heavy (non-hydrogen) atoms. The minimum Gasteiger partial charge on any atom is -0.507 e. The van der Waals surface area contributed by atoms with E-state index >= 15 is 0 Å². The van der Waals surface area contributed by atoms with Gasteiger partial charge in [-0.25, -0.2) is 0 Å². The molecule has 1 aliphatic rings. The van der Waals surface area contributed by atoms with E-state index in [1.54, 1.807) is 31.2 Å². The van der Waals surface area contributed by atoms with Crippen LogP contribution in [0.2, 0.25) is 10.0 Å². The number of para-hydroxylation sites is 1. The summed E-state index contributed by atoms with van der Waals surface area (Å²) >= 11 is 12.5. The number of aliphatic hydroxyl groups excluding tert-OH is 1. The van der Waals surface area contributed by atoms with Gasteiger partial charge in [-0.05, 0) is 49.7 Å². The maximum Gasteiger partial charge on any atom is 0.300 e. The van der Waals surface area contributed by atoms with E-state index in [1.807, 2.05) is 19.1 Å². The van der Waals surface area contributed by atoms with Crippen molar-refractivity contribution in [2.24, 2.45) is 0 Å². The fourth-order valence-corrected chi connectivity index (χ4v) is 4.47. The predicted octanol–water partition coefficient (Wildman–Crippen LogP) is 5.84. The highest BCUT2D eigenvalue weighted by Gasteiger charge is 2.48. The average molecular weight is 472 g/mol. The number of aliphatic hydroxyl groups is 1. The second-order valence-electron chi connectivity index (χ2n) is 7.38. The van der Waals surface area contributed by atoms with Crippen molar-refractivity contribution in [2.75, 3.05) is 12.0 Å². The van der Waals surface area contributed by atoms with Gasteiger partial charge >= 0.3 is 0 Å². The molecular weight excluding hydrogens is 453 g/mol. The Kier molecular flexibility index (Phi) is 5.75. The number of nitrogens with zero attached hydrogens (tertiary/aromatic N) is 1. The second-order valence-corrected chi connectivity index (χ2v) is 8.19. The standard InChI is InChI=1S/C24H19Cl2NO5/c1-12-6-4-5-7-17(12)27-20(18-9-8-13(2)32-18)19(22(29)24(27)30)21(28)14-10-15(25)23(31-3)16(26)11-14/h4-11,20,28H,1-3H3/b21-19-. The number of rotatable bonds is 4. The van der Waals surface area contributed by atoms with Crippen LogP contribution >= 0.6 is 23.2 Å². The summed E-state index contributed by atoms with van der Waals surface area (Å²) < 4.78 is 10.9. The van der Waals surface area contributed by atoms with Gasteiger partial charge in [0.25, 0.3) is 11.7 Å². The molecule has 1 saturated heterocycles. The minimum atomic E-state index is -0.968. The van der Waals surface area contributed by atoms with E-state index in [4.69, 9.17) is 32.4 Å². The van der Waals surface area contributed by atoms with Crippen LogP contribution in [0.4, 0.5) is 5.69 Å². The predicted molar refractivity (Wildman–Crippen MR) is 122 cm³/mol. The highest BCUT2D eigenvalue weighted by atomic mass is 35.5. The Balaban J connectivity index is 1.97. The van der Waals surface area contributed by atoms with E-state index in [2.05, 4.69) is 0 Å². The molecule has 2 aromatic carbocycles. The first-order valence-electron chi connectivity index (χ1n) is 9.71. The van der Waals surface area contributed by atoms with Gasteiger partial charge in [0.2, 0.25) is 0 Å². The number of aryl methyl sites for hydroxylation is 2. The molecule has 3 aromatic rings. The molecule has 1 amide bonds. The summed E-state index contributed by atoms with van der Waals surface area (Å²) in [6.45, 7) is 3.59. The number of Topliss-reactive ketones (excluding diaryl/α,β-unsaturated/α-hetero) is 1. The Bertz CT molecular complexity index is 1250. The van der Waals surface area contributed by atoms with Gasteiger partial charge in [-0.3, -0.25) is 14.5 Å². The zero-order valence-electron chi connectivity index (χ0n) is 17.5. The number of carbonyl (C=O) groups excluding carboxylic acids is 2. The molecular formula is C24H19Cl2NO5. The molecule has 8 heteroatoms. The molecule has 1 N–H and O–H groups in total. The molecule has 0 bridgehead atoms. The lowest BCUT2D eigenvalue weighted by Crippen LogP contribution is -2.29. The van der Waals surface area contributed by atoms with Crippen LogP contribution in [0.15, 0.2) is 58.5 Å². The van der Waals surface area contributed by atoms with Gasteiger partial charge in [0.1, 0.15) is 23.3 Å². The second kappa shape index (κ2) is 8.37.